The van der Waals surface area contributed by atoms with E-state index in [0.29, 0.717) is 0 Å². The van der Waals surface area contributed by atoms with Crippen LogP contribution in [-0.2, 0) is 0 Å². The van der Waals surface area contributed by atoms with Crippen LogP contribution in [0.1, 0.15) is 0 Å². The third-order valence-corrected chi connectivity index (χ3v) is 10.2. The molecule has 0 bridgehead atoms. The number of nitrogens with zero attached hydrogens (tertiary/aromatic N) is 4. The number of fused-ring (bicyclic) bond motifs is 4. The van der Waals surface area contributed by atoms with Crippen molar-refractivity contribution in [2.24, 2.45) is 0 Å². The predicted molar refractivity (Wildman–Crippen MR) is 223 cm³/mol. The van der Waals surface area contributed by atoms with E-state index in [2.05, 4.69) is 157 Å². The van der Waals surface area contributed by atoms with Crippen LogP contribution in [0.25, 0.3) is 99.9 Å². The van der Waals surface area contributed by atoms with Crippen LogP contribution >= 0.6 is 0 Å². The topological polar surface area (TPSA) is 51.6 Å². The number of hydrogen-bond acceptors (Lipinski definition) is 4. The monoisotopic (exact) mass is 688 g/mol. The molecule has 10 aromatic rings. The van der Waals surface area contributed by atoms with E-state index in [4.69, 9.17) is 15.0 Å². The van der Waals surface area contributed by atoms with Gasteiger partial charge in [0, 0.05) is 50.8 Å². The summed E-state index contributed by atoms with van der Waals surface area (Å²) in [5.74, 6) is 0. The van der Waals surface area contributed by atoms with E-state index in [9.17, 15) is 0 Å². The molecule has 0 radical (unpaired) electrons. The van der Waals surface area contributed by atoms with Crippen LogP contribution in [0.5, 0.6) is 0 Å². The van der Waals surface area contributed by atoms with Crippen molar-refractivity contribution in [2.75, 3.05) is 0 Å². The van der Waals surface area contributed by atoms with Gasteiger partial charge in [0.05, 0.1) is 33.8 Å². The highest BCUT2D eigenvalue weighted by Crippen LogP contribution is 2.40. The lowest BCUT2D eigenvalue weighted by atomic mass is 9.94. The average Bonchev–Trinajstić information content (AvgIpc) is 3.26. The number of rotatable bonds is 6. The number of aromatic nitrogens is 4. The van der Waals surface area contributed by atoms with E-state index in [-0.39, 0.29) is 0 Å². The quantitative estimate of drug-likeness (QED) is 0.163. The Kier molecular flexibility index (Phi) is 7.77. The molecule has 0 fully saturated rings. The Morgan fingerprint density at radius 1 is 0.296 bits per heavy atom. The highest BCUT2D eigenvalue weighted by molar-refractivity contribution is 6.13. The fourth-order valence-electron chi connectivity index (χ4n) is 7.38. The summed E-state index contributed by atoms with van der Waals surface area (Å²) < 4.78 is 0. The average molecular weight is 689 g/mol. The minimum absolute atomic E-state index is 0.839. The lowest BCUT2D eigenvalue weighted by Gasteiger charge is -2.16. The second-order valence-electron chi connectivity index (χ2n) is 13.5. The van der Waals surface area contributed by atoms with Gasteiger partial charge in [0.15, 0.2) is 0 Å². The number of hydrogen-bond donors (Lipinski definition) is 0. The highest BCUT2D eigenvalue weighted by atomic mass is 14.8. The van der Waals surface area contributed by atoms with Gasteiger partial charge in [-0.05, 0) is 58.0 Å². The molecule has 10 rings (SSSR count). The molecule has 0 N–H and O–H groups in total. The molecule has 0 atom stereocenters. The molecule has 54 heavy (non-hydrogen) atoms. The van der Waals surface area contributed by atoms with Crippen LogP contribution in [0.3, 0.4) is 0 Å². The molecule has 0 saturated carbocycles. The maximum Gasteiger partial charge on any atom is 0.0979 e. The van der Waals surface area contributed by atoms with Gasteiger partial charge in [0.25, 0.3) is 0 Å². The van der Waals surface area contributed by atoms with E-state index >= 15 is 0 Å². The number of benzene rings is 6. The molecular weight excluding hydrogens is 657 g/mol. The van der Waals surface area contributed by atoms with Crippen molar-refractivity contribution in [2.45, 2.75) is 0 Å². The Bertz CT molecular complexity index is 2940. The van der Waals surface area contributed by atoms with Gasteiger partial charge in [0.1, 0.15) is 0 Å². The summed E-state index contributed by atoms with van der Waals surface area (Å²) in [5.41, 5.74) is 14.0. The van der Waals surface area contributed by atoms with E-state index in [1.165, 1.54) is 5.56 Å². The Labute approximate surface area is 313 Å². The third-order valence-electron chi connectivity index (χ3n) is 10.2. The highest BCUT2D eigenvalue weighted by Gasteiger charge is 2.18. The zero-order valence-corrected chi connectivity index (χ0v) is 29.3. The third kappa shape index (κ3) is 5.76. The maximum atomic E-state index is 5.45. The molecule has 0 aliphatic heterocycles. The Balaban J connectivity index is 1.22. The van der Waals surface area contributed by atoms with E-state index in [1.54, 1.807) is 0 Å². The normalized spacial score (nSPS) is 11.3. The molecular formula is C50H32N4. The lowest BCUT2D eigenvalue weighted by Crippen LogP contribution is -1.96. The molecule has 4 nitrogen and oxygen atoms in total. The van der Waals surface area contributed by atoms with Crippen molar-refractivity contribution in [1.29, 1.82) is 0 Å². The van der Waals surface area contributed by atoms with E-state index in [1.807, 2.05) is 42.7 Å². The van der Waals surface area contributed by atoms with Crippen LogP contribution < -0.4 is 0 Å². The molecule has 0 spiro atoms. The summed E-state index contributed by atoms with van der Waals surface area (Å²) in [5, 5.41) is 4.29. The van der Waals surface area contributed by atoms with Crippen LogP contribution in [0.2, 0.25) is 0 Å². The molecule has 0 unspecified atom stereocenters. The van der Waals surface area contributed by atoms with Gasteiger partial charge in [-0.1, -0.05) is 152 Å². The smallest absolute Gasteiger partial charge is 0.0979 e. The lowest BCUT2D eigenvalue weighted by molar-refractivity contribution is 1.33. The van der Waals surface area contributed by atoms with Crippen LogP contribution in [0, 0.1) is 0 Å². The Morgan fingerprint density at radius 3 is 1.46 bits per heavy atom. The van der Waals surface area contributed by atoms with Crippen LogP contribution in [0.15, 0.2) is 194 Å². The van der Waals surface area contributed by atoms with Gasteiger partial charge < -0.3 is 0 Å². The van der Waals surface area contributed by atoms with Crippen molar-refractivity contribution in [1.82, 2.24) is 19.9 Å². The largest absolute Gasteiger partial charge is 0.256 e. The standard InChI is InChI=1S/C50H32N4/c1-3-11-33(12-4-1)34-18-22-38(23-19-34)47-31-44(48-29-39-15-7-8-16-40(39)32-52-48)42-27-26-41-43(35-20-24-37(25-21-35)45-17-9-10-28-51-45)30-46(36-13-5-2-6-14-36)53-49(41)50(42)54-47/h1-32H. The predicted octanol–water partition coefficient (Wildman–Crippen LogP) is 12.7. The van der Waals surface area contributed by atoms with Crippen molar-refractivity contribution in [3.8, 4) is 67.3 Å². The first-order valence-corrected chi connectivity index (χ1v) is 18.1. The molecule has 252 valence electrons. The van der Waals surface area contributed by atoms with Gasteiger partial charge >= 0.3 is 0 Å². The fourth-order valence-corrected chi connectivity index (χ4v) is 7.38. The molecule has 4 aromatic heterocycles. The molecule has 0 aliphatic carbocycles. The second kappa shape index (κ2) is 13.4. The van der Waals surface area contributed by atoms with Crippen LogP contribution in [-0.4, -0.2) is 19.9 Å². The van der Waals surface area contributed by atoms with Crippen molar-refractivity contribution >= 4 is 32.6 Å². The summed E-state index contributed by atoms with van der Waals surface area (Å²) in [6.45, 7) is 0. The summed E-state index contributed by atoms with van der Waals surface area (Å²) in [7, 11) is 0. The van der Waals surface area contributed by atoms with Crippen LogP contribution in [0.4, 0.5) is 0 Å². The van der Waals surface area contributed by atoms with Crippen molar-refractivity contribution in [3.05, 3.63) is 194 Å². The van der Waals surface area contributed by atoms with Crippen molar-refractivity contribution in [3.63, 3.8) is 0 Å². The Hall–Kier alpha value is -7.30. The zero-order chi connectivity index (χ0) is 35.8. The molecule has 0 amide bonds. The van der Waals surface area contributed by atoms with Gasteiger partial charge in [-0.3, -0.25) is 9.97 Å². The van der Waals surface area contributed by atoms with E-state index < -0.39 is 0 Å². The maximum absolute atomic E-state index is 5.45. The van der Waals surface area contributed by atoms with Gasteiger partial charge in [-0.15, -0.1) is 0 Å². The molecule has 4 heterocycles. The first-order valence-electron chi connectivity index (χ1n) is 18.1. The van der Waals surface area contributed by atoms with E-state index in [0.717, 1.165) is 94.3 Å². The number of pyridine rings is 4. The minimum atomic E-state index is 0.839. The summed E-state index contributed by atoms with van der Waals surface area (Å²) >= 11 is 0. The molecule has 0 aliphatic rings. The van der Waals surface area contributed by atoms with Gasteiger partial charge in [0.2, 0.25) is 0 Å². The Morgan fingerprint density at radius 2 is 0.796 bits per heavy atom. The molecule has 4 heteroatoms. The summed E-state index contributed by atoms with van der Waals surface area (Å²) in [6.07, 6.45) is 3.79. The van der Waals surface area contributed by atoms with Crippen molar-refractivity contribution < 1.29 is 0 Å². The second-order valence-corrected chi connectivity index (χ2v) is 13.5. The fraction of sp³-hybridized carbons (Fsp3) is 0. The van der Waals surface area contributed by atoms with Gasteiger partial charge in [-0.2, -0.15) is 0 Å². The SMILES string of the molecule is c1ccc(-c2ccc(-c3cc(-c4cc5ccccc5cn4)c4ccc5c(-c6ccc(-c7ccccn7)cc6)cc(-c6ccccc6)nc5c4n3)cc2)cc1. The molecule has 0 saturated heterocycles. The van der Waals surface area contributed by atoms with Gasteiger partial charge in [-0.25, -0.2) is 9.97 Å². The zero-order valence-electron chi connectivity index (χ0n) is 29.3. The first kappa shape index (κ1) is 31.4. The summed E-state index contributed by atoms with van der Waals surface area (Å²) in [6, 6.07) is 63.5. The minimum Gasteiger partial charge on any atom is -0.256 e. The first-order chi connectivity index (χ1) is 26.7. The summed E-state index contributed by atoms with van der Waals surface area (Å²) in [4.78, 5) is 20.4. The molecule has 6 aromatic carbocycles.